The highest BCUT2D eigenvalue weighted by Crippen LogP contribution is 2.38. The third-order valence-corrected chi connectivity index (χ3v) is 7.27. The molecule has 1 aromatic carbocycles. The van der Waals surface area contributed by atoms with Gasteiger partial charge in [0.25, 0.3) is 0 Å². The molecule has 0 unspecified atom stereocenters. The number of rotatable bonds is 5. The molecule has 0 aliphatic heterocycles. The summed E-state index contributed by atoms with van der Waals surface area (Å²) in [6.07, 6.45) is 3.08. The zero-order valence-electron chi connectivity index (χ0n) is 13.8. The lowest BCUT2D eigenvalue weighted by molar-refractivity contribution is -0.115. The maximum absolute atomic E-state index is 12.3. The minimum atomic E-state index is -3.23. The molecule has 25 heavy (non-hydrogen) atoms. The van der Waals surface area contributed by atoms with E-state index in [-0.39, 0.29) is 23.0 Å². The Morgan fingerprint density at radius 3 is 2.64 bits per heavy atom. The van der Waals surface area contributed by atoms with Crippen LogP contribution in [0.15, 0.2) is 29.2 Å². The quantitative estimate of drug-likeness (QED) is 0.871. The van der Waals surface area contributed by atoms with Gasteiger partial charge in [-0.15, -0.1) is 11.3 Å². The van der Waals surface area contributed by atoms with Gasteiger partial charge in [0.15, 0.2) is 9.84 Å². The van der Waals surface area contributed by atoms with Gasteiger partial charge in [-0.3, -0.25) is 4.79 Å². The van der Waals surface area contributed by atoms with Gasteiger partial charge in [0, 0.05) is 4.88 Å². The minimum absolute atomic E-state index is 0.0484. The molecule has 1 aliphatic rings. The lowest BCUT2D eigenvalue weighted by atomic mass is 10.1. The van der Waals surface area contributed by atoms with E-state index in [0.29, 0.717) is 10.6 Å². The van der Waals surface area contributed by atoms with E-state index < -0.39 is 9.84 Å². The van der Waals surface area contributed by atoms with E-state index >= 15 is 0 Å². The van der Waals surface area contributed by atoms with Crippen LogP contribution in [-0.2, 0) is 33.9 Å². The summed E-state index contributed by atoms with van der Waals surface area (Å²) in [4.78, 5) is 13.7. The Balaban J connectivity index is 1.71. The molecule has 0 radical (unpaired) electrons. The van der Waals surface area contributed by atoms with Crippen LogP contribution in [0.5, 0.6) is 0 Å². The highest BCUT2D eigenvalue weighted by molar-refractivity contribution is 7.91. The number of aryl methyl sites for hydroxylation is 1. The molecule has 5 nitrogen and oxygen atoms in total. The largest absolute Gasteiger partial charge is 0.316 e. The first-order valence-corrected chi connectivity index (χ1v) is 10.6. The Labute approximate surface area is 151 Å². The third-order valence-electron chi connectivity index (χ3n) is 4.31. The van der Waals surface area contributed by atoms with Gasteiger partial charge in [0.2, 0.25) is 5.91 Å². The number of fused-ring (bicyclic) bond motifs is 1. The molecule has 0 fully saturated rings. The number of carbonyl (C=O) groups excluding carboxylic acids is 1. The van der Waals surface area contributed by atoms with E-state index in [1.807, 2.05) is 0 Å². The Hall–Kier alpha value is -2.17. The maximum atomic E-state index is 12.3. The fourth-order valence-corrected chi connectivity index (χ4v) is 5.09. The van der Waals surface area contributed by atoms with Crippen molar-refractivity contribution >= 4 is 32.1 Å². The van der Waals surface area contributed by atoms with Crippen LogP contribution in [0.3, 0.4) is 0 Å². The van der Waals surface area contributed by atoms with Crippen molar-refractivity contribution in [2.24, 2.45) is 0 Å². The minimum Gasteiger partial charge on any atom is -0.316 e. The number of hydrogen-bond acceptors (Lipinski definition) is 5. The SMILES string of the molecule is CCS(=O)(=O)c1ccc(CC(=O)Nc2sc3c(c2C#N)CCC3)cc1. The van der Waals surface area contributed by atoms with Crippen LogP contribution in [0.2, 0.25) is 0 Å². The first kappa shape index (κ1) is 17.6. The Morgan fingerprint density at radius 2 is 2.00 bits per heavy atom. The number of amides is 1. The number of sulfone groups is 1. The van der Waals surface area contributed by atoms with Crippen molar-refractivity contribution in [1.82, 2.24) is 0 Å². The molecule has 1 N–H and O–H groups in total. The summed E-state index contributed by atoms with van der Waals surface area (Å²) in [6, 6.07) is 8.57. The number of benzene rings is 1. The highest BCUT2D eigenvalue weighted by Gasteiger charge is 2.23. The summed E-state index contributed by atoms with van der Waals surface area (Å²) >= 11 is 1.49. The van der Waals surface area contributed by atoms with Crippen LogP contribution in [0, 0.1) is 11.3 Å². The van der Waals surface area contributed by atoms with Crippen molar-refractivity contribution in [3.8, 4) is 6.07 Å². The van der Waals surface area contributed by atoms with E-state index in [1.54, 1.807) is 19.1 Å². The molecule has 0 atom stereocenters. The molecule has 1 heterocycles. The molecule has 0 saturated heterocycles. The summed E-state index contributed by atoms with van der Waals surface area (Å²) in [6.45, 7) is 1.60. The van der Waals surface area contributed by atoms with Crippen molar-refractivity contribution in [2.75, 3.05) is 11.1 Å². The summed E-state index contributed by atoms with van der Waals surface area (Å²) in [5, 5.41) is 12.8. The van der Waals surface area contributed by atoms with Gasteiger partial charge in [0.05, 0.1) is 22.6 Å². The number of thiophene rings is 1. The molecule has 2 aromatic rings. The molecule has 130 valence electrons. The standard InChI is InChI=1S/C18H18N2O3S2/c1-2-25(22,23)13-8-6-12(7-9-13)10-17(21)20-18-15(11-19)14-4-3-5-16(14)24-18/h6-9H,2-5,10H2,1H3,(H,20,21). The molecule has 0 saturated carbocycles. The Kier molecular flexibility index (Phi) is 4.93. The van der Waals surface area contributed by atoms with Gasteiger partial charge >= 0.3 is 0 Å². The predicted octanol–water partition coefficient (Wildman–Crippen LogP) is 3.08. The molecule has 7 heteroatoms. The molecule has 0 spiro atoms. The van der Waals surface area contributed by atoms with Crippen molar-refractivity contribution in [1.29, 1.82) is 5.26 Å². The molecular formula is C18H18N2O3S2. The third kappa shape index (κ3) is 3.60. The van der Waals surface area contributed by atoms with Gasteiger partial charge in [-0.1, -0.05) is 19.1 Å². The topological polar surface area (TPSA) is 87.0 Å². The van der Waals surface area contributed by atoms with Crippen LogP contribution >= 0.6 is 11.3 Å². The second-order valence-electron chi connectivity index (χ2n) is 5.95. The van der Waals surface area contributed by atoms with Gasteiger partial charge < -0.3 is 5.32 Å². The van der Waals surface area contributed by atoms with Crippen molar-refractivity contribution in [3.63, 3.8) is 0 Å². The average Bonchev–Trinajstić information content (AvgIpc) is 3.15. The normalized spacial score (nSPS) is 13.3. The summed E-state index contributed by atoms with van der Waals surface area (Å²) in [5.74, 6) is -0.158. The molecule has 3 rings (SSSR count). The summed E-state index contributed by atoms with van der Waals surface area (Å²) in [5.41, 5.74) is 2.40. The zero-order valence-corrected chi connectivity index (χ0v) is 15.5. The number of carbonyl (C=O) groups is 1. The molecule has 1 aliphatic carbocycles. The average molecular weight is 374 g/mol. The number of nitrogens with zero attached hydrogens (tertiary/aromatic N) is 1. The molecule has 1 aromatic heterocycles. The fraction of sp³-hybridized carbons (Fsp3) is 0.333. The number of hydrogen-bond donors (Lipinski definition) is 1. The van der Waals surface area contributed by atoms with E-state index in [4.69, 9.17) is 0 Å². The van der Waals surface area contributed by atoms with Crippen LogP contribution in [0.25, 0.3) is 0 Å². The molecule has 0 bridgehead atoms. The Morgan fingerprint density at radius 1 is 1.28 bits per heavy atom. The fourth-order valence-electron chi connectivity index (χ4n) is 2.95. The predicted molar refractivity (Wildman–Crippen MR) is 97.6 cm³/mol. The van der Waals surface area contributed by atoms with E-state index in [9.17, 15) is 18.5 Å². The lowest BCUT2D eigenvalue weighted by Crippen LogP contribution is -2.14. The maximum Gasteiger partial charge on any atom is 0.229 e. The van der Waals surface area contributed by atoms with Crippen molar-refractivity contribution < 1.29 is 13.2 Å². The lowest BCUT2D eigenvalue weighted by Gasteiger charge is -2.06. The van der Waals surface area contributed by atoms with Crippen LogP contribution in [-0.4, -0.2) is 20.1 Å². The van der Waals surface area contributed by atoms with E-state index in [1.165, 1.54) is 28.3 Å². The Bertz CT molecular complexity index is 951. The summed E-state index contributed by atoms with van der Waals surface area (Å²) in [7, 11) is -3.23. The zero-order chi connectivity index (χ0) is 18.0. The second-order valence-corrected chi connectivity index (χ2v) is 9.33. The van der Waals surface area contributed by atoms with Gasteiger partial charge in [-0.05, 0) is 42.5 Å². The first-order chi connectivity index (χ1) is 11.9. The number of anilines is 1. The van der Waals surface area contributed by atoms with Gasteiger partial charge in [-0.2, -0.15) is 5.26 Å². The number of nitrogens with one attached hydrogen (secondary N) is 1. The molecular weight excluding hydrogens is 356 g/mol. The van der Waals surface area contributed by atoms with Crippen molar-refractivity contribution in [2.45, 2.75) is 37.5 Å². The van der Waals surface area contributed by atoms with Crippen LogP contribution in [0.1, 0.15) is 34.9 Å². The molecule has 1 amide bonds. The second kappa shape index (κ2) is 6.98. The van der Waals surface area contributed by atoms with E-state index in [0.717, 1.165) is 30.4 Å². The number of nitriles is 1. The monoisotopic (exact) mass is 374 g/mol. The highest BCUT2D eigenvalue weighted by atomic mass is 32.2. The smallest absolute Gasteiger partial charge is 0.229 e. The van der Waals surface area contributed by atoms with Gasteiger partial charge in [-0.25, -0.2) is 8.42 Å². The van der Waals surface area contributed by atoms with Crippen molar-refractivity contribution in [3.05, 3.63) is 45.8 Å². The van der Waals surface area contributed by atoms with Gasteiger partial charge in [0.1, 0.15) is 11.1 Å². The van der Waals surface area contributed by atoms with E-state index in [2.05, 4.69) is 11.4 Å². The van der Waals surface area contributed by atoms with Crippen LogP contribution in [0.4, 0.5) is 5.00 Å². The first-order valence-electron chi connectivity index (χ1n) is 8.10. The van der Waals surface area contributed by atoms with Crippen LogP contribution < -0.4 is 5.32 Å². The summed E-state index contributed by atoms with van der Waals surface area (Å²) < 4.78 is 23.6.